The molecule has 0 saturated heterocycles. The summed E-state index contributed by atoms with van der Waals surface area (Å²) in [5, 5.41) is 0.0904. The molecule has 0 fully saturated rings. The molecule has 0 bridgehead atoms. The van der Waals surface area contributed by atoms with E-state index in [1.165, 1.54) is 13.2 Å². The van der Waals surface area contributed by atoms with E-state index in [1.54, 1.807) is 0 Å². The van der Waals surface area contributed by atoms with Crippen LogP contribution in [0.4, 0.5) is 4.39 Å². The minimum absolute atomic E-state index is 0.0107. The molecule has 0 saturated carbocycles. The molecular formula is C16H18Cl2FNO4. The molecule has 1 aromatic carbocycles. The van der Waals surface area contributed by atoms with Crippen LogP contribution in [0.1, 0.15) is 26.5 Å². The Morgan fingerprint density at radius 1 is 1.25 bits per heavy atom. The first-order chi connectivity index (χ1) is 11.2. The monoisotopic (exact) mass is 377 g/mol. The largest absolute Gasteiger partial charge is 0.490 e. The lowest BCUT2D eigenvalue weighted by atomic mass is 9.94. The molecule has 8 heteroatoms. The van der Waals surface area contributed by atoms with Crippen molar-refractivity contribution in [2.45, 2.75) is 26.2 Å². The normalized spacial score (nSPS) is 11.8. The van der Waals surface area contributed by atoms with Crippen molar-refractivity contribution >= 4 is 23.2 Å². The molecule has 1 aromatic heterocycles. The number of oxazole rings is 1. The number of hydrogen-bond acceptors (Lipinski definition) is 4. The van der Waals surface area contributed by atoms with Gasteiger partial charge in [0.15, 0.2) is 10.9 Å². The van der Waals surface area contributed by atoms with Gasteiger partial charge < -0.3 is 13.9 Å². The van der Waals surface area contributed by atoms with Crippen molar-refractivity contribution < 1.29 is 18.3 Å². The van der Waals surface area contributed by atoms with Crippen LogP contribution in [-0.4, -0.2) is 24.9 Å². The zero-order valence-corrected chi connectivity index (χ0v) is 15.3. The number of methoxy groups -OCH3 is 1. The highest BCUT2D eigenvalue weighted by molar-refractivity contribution is 6.32. The smallest absolute Gasteiger partial charge is 0.425 e. The molecule has 0 unspecified atom stereocenters. The first kappa shape index (κ1) is 18.8. The van der Waals surface area contributed by atoms with Gasteiger partial charge in [0.2, 0.25) is 0 Å². The highest BCUT2D eigenvalue weighted by Crippen LogP contribution is 2.34. The Balaban J connectivity index is 2.55. The Kier molecular flexibility index (Phi) is 5.63. The number of hydrogen-bond donors (Lipinski definition) is 0. The van der Waals surface area contributed by atoms with Crippen molar-refractivity contribution in [3.63, 3.8) is 0 Å². The second-order valence-electron chi connectivity index (χ2n) is 6.15. The number of halogens is 3. The fourth-order valence-corrected chi connectivity index (χ4v) is 2.75. The van der Waals surface area contributed by atoms with Crippen LogP contribution in [0, 0.1) is 5.82 Å². The van der Waals surface area contributed by atoms with Crippen LogP contribution in [0.3, 0.4) is 0 Å². The summed E-state index contributed by atoms with van der Waals surface area (Å²) in [5.41, 5.74) is -0.608. The lowest BCUT2D eigenvalue weighted by Crippen LogP contribution is -2.14. The van der Waals surface area contributed by atoms with Gasteiger partial charge in [0.1, 0.15) is 18.2 Å². The molecule has 24 heavy (non-hydrogen) atoms. The number of nitrogens with zero attached hydrogens (tertiary/aromatic N) is 1. The molecule has 0 atom stereocenters. The Bertz CT molecular complexity index is 793. The molecule has 0 radical (unpaired) electrons. The lowest BCUT2D eigenvalue weighted by Gasteiger charge is -2.15. The van der Waals surface area contributed by atoms with E-state index in [1.807, 2.05) is 20.8 Å². The fraction of sp³-hybridized carbons (Fsp3) is 0.438. The summed E-state index contributed by atoms with van der Waals surface area (Å²) < 4.78 is 30.8. The minimum atomic E-state index is -0.783. The van der Waals surface area contributed by atoms with Crippen LogP contribution in [0.5, 0.6) is 5.75 Å². The second kappa shape index (κ2) is 7.17. The van der Waals surface area contributed by atoms with Crippen molar-refractivity contribution in [3.8, 4) is 11.4 Å². The summed E-state index contributed by atoms with van der Waals surface area (Å²) in [6.07, 6.45) is 0. The highest BCUT2D eigenvalue weighted by Gasteiger charge is 2.28. The topological polar surface area (TPSA) is 53.6 Å². The van der Waals surface area contributed by atoms with E-state index in [0.29, 0.717) is 6.61 Å². The third-order valence-corrected chi connectivity index (χ3v) is 3.86. The minimum Gasteiger partial charge on any atom is -0.490 e. The van der Waals surface area contributed by atoms with Gasteiger partial charge in [0.25, 0.3) is 0 Å². The van der Waals surface area contributed by atoms with Gasteiger partial charge in [-0.15, -0.1) is 0 Å². The van der Waals surface area contributed by atoms with Gasteiger partial charge in [-0.05, 0) is 6.07 Å². The quantitative estimate of drug-likeness (QED) is 0.732. The molecule has 0 amide bonds. The van der Waals surface area contributed by atoms with E-state index in [0.717, 1.165) is 10.6 Å². The third-order valence-electron chi connectivity index (χ3n) is 3.22. The van der Waals surface area contributed by atoms with Crippen molar-refractivity contribution in [3.05, 3.63) is 44.4 Å². The van der Waals surface area contributed by atoms with Crippen LogP contribution in [0.2, 0.25) is 10.2 Å². The van der Waals surface area contributed by atoms with Crippen molar-refractivity contribution in [1.82, 2.24) is 4.57 Å². The predicted octanol–water partition coefficient (Wildman–Crippen LogP) is 4.20. The average Bonchev–Trinajstić information content (AvgIpc) is 2.77. The van der Waals surface area contributed by atoms with Gasteiger partial charge >= 0.3 is 5.76 Å². The zero-order valence-electron chi connectivity index (χ0n) is 13.8. The summed E-state index contributed by atoms with van der Waals surface area (Å²) in [4.78, 5) is 12.2. The molecular weight excluding hydrogens is 360 g/mol. The van der Waals surface area contributed by atoms with E-state index in [9.17, 15) is 9.18 Å². The van der Waals surface area contributed by atoms with Gasteiger partial charge in [0, 0.05) is 18.6 Å². The summed E-state index contributed by atoms with van der Waals surface area (Å²) >= 11 is 12.2. The Labute approximate surface area is 148 Å². The molecule has 0 spiro atoms. The summed E-state index contributed by atoms with van der Waals surface area (Å²) in [6.45, 7) is 6.06. The van der Waals surface area contributed by atoms with E-state index in [4.69, 9.17) is 37.1 Å². The number of ether oxygens (including phenoxy) is 2. The average molecular weight is 378 g/mol. The van der Waals surface area contributed by atoms with Gasteiger partial charge in [-0.1, -0.05) is 44.0 Å². The predicted molar refractivity (Wildman–Crippen MR) is 90.4 cm³/mol. The number of aromatic nitrogens is 1. The van der Waals surface area contributed by atoms with Crippen LogP contribution in [0.15, 0.2) is 21.3 Å². The lowest BCUT2D eigenvalue weighted by molar-refractivity contribution is 0.146. The van der Waals surface area contributed by atoms with Crippen LogP contribution >= 0.6 is 23.2 Å². The van der Waals surface area contributed by atoms with Crippen LogP contribution in [0.25, 0.3) is 5.69 Å². The first-order valence-electron chi connectivity index (χ1n) is 7.19. The molecule has 0 aliphatic heterocycles. The van der Waals surface area contributed by atoms with Crippen LogP contribution in [-0.2, 0) is 10.2 Å². The molecule has 132 valence electrons. The zero-order chi connectivity index (χ0) is 18.1. The van der Waals surface area contributed by atoms with Crippen LogP contribution < -0.4 is 10.5 Å². The molecule has 2 rings (SSSR count). The Morgan fingerprint density at radius 3 is 2.46 bits per heavy atom. The maximum Gasteiger partial charge on any atom is 0.425 e. The Hall–Kier alpha value is -1.50. The maximum absolute atomic E-state index is 14.3. The molecule has 0 aliphatic carbocycles. The highest BCUT2D eigenvalue weighted by atomic mass is 35.5. The standard InChI is InChI=1S/C16H18Cl2FNO4/c1-16(2,3)13-14(18)20(15(21)24-13)11-8-12(23-6-5-22-4)9(17)7-10(11)19/h7-8H,5-6H2,1-4H3. The van der Waals surface area contributed by atoms with E-state index >= 15 is 0 Å². The van der Waals surface area contributed by atoms with Gasteiger partial charge in [-0.2, -0.15) is 0 Å². The van der Waals surface area contributed by atoms with Gasteiger partial charge in [-0.3, -0.25) is 0 Å². The second-order valence-corrected chi connectivity index (χ2v) is 6.91. The Morgan fingerprint density at radius 2 is 1.92 bits per heavy atom. The van der Waals surface area contributed by atoms with Crippen molar-refractivity contribution in [1.29, 1.82) is 0 Å². The summed E-state index contributed by atoms with van der Waals surface area (Å²) in [5.74, 6) is -1.02. The van der Waals surface area contributed by atoms with E-state index in [-0.39, 0.29) is 34.0 Å². The SMILES string of the molecule is COCCOc1cc(-n2c(Cl)c(C(C)(C)C)oc2=O)c(F)cc1Cl. The fourth-order valence-electron chi connectivity index (χ4n) is 2.06. The van der Waals surface area contributed by atoms with Gasteiger partial charge in [-0.25, -0.2) is 13.8 Å². The molecule has 0 N–H and O–H groups in total. The summed E-state index contributed by atoms with van der Waals surface area (Å²) in [6, 6.07) is 2.37. The van der Waals surface area contributed by atoms with E-state index < -0.39 is 17.0 Å². The molecule has 0 aliphatic rings. The molecule has 1 heterocycles. The summed E-state index contributed by atoms with van der Waals surface area (Å²) in [7, 11) is 1.53. The van der Waals surface area contributed by atoms with Crippen molar-refractivity contribution in [2.24, 2.45) is 0 Å². The first-order valence-corrected chi connectivity index (χ1v) is 7.95. The maximum atomic E-state index is 14.3. The molecule has 5 nitrogen and oxygen atoms in total. The number of rotatable bonds is 5. The van der Waals surface area contributed by atoms with E-state index in [2.05, 4.69) is 0 Å². The number of benzene rings is 1. The van der Waals surface area contributed by atoms with Crippen molar-refractivity contribution in [2.75, 3.05) is 20.3 Å². The molecule has 2 aromatic rings. The van der Waals surface area contributed by atoms with Gasteiger partial charge in [0.05, 0.1) is 17.3 Å². The third kappa shape index (κ3) is 3.77.